The van der Waals surface area contributed by atoms with E-state index in [2.05, 4.69) is 15.6 Å². The molecule has 1 aliphatic heterocycles. The number of carbonyl (C=O) groups excluding carboxylic acids is 2. The molecule has 1 fully saturated rings. The number of hydrogen-bond donors (Lipinski definition) is 2. The van der Waals surface area contributed by atoms with Crippen molar-refractivity contribution >= 4 is 11.8 Å². The van der Waals surface area contributed by atoms with Gasteiger partial charge in [0.2, 0.25) is 0 Å². The molecule has 0 atom stereocenters. The maximum atomic E-state index is 12.6. The summed E-state index contributed by atoms with van der Waals surface area (Å²) in [6.45, 7) is 1.19. The maximum absolute atomic E-state index is 12.6. The largest absolute Gasteiger partial charge is 0.348 e. The fraction of sp³-hybridized carbons (Fsp3) is 0.421. The zero-order chi connectivity index (χ0) is 17.2. The topological polar surface area (TPSA) is 76.0 Å². The smallest absolute Gasteiger partial charge is 0.287 e. The highest BCUT2D eigenvalue weighted by molar-refractivity contribution is 5.97. The van der Waals surface area contributed by atoms with Crippen molar-refractivity contribution in [3.8, 4) is 0 Å². The number of imidazole rings is 1. The fourth-order valence-corrected chi connectivity index (χ4v) is 3.24. The summed E-state index contributed by atoms with van der Waals surface area (Å²) in [6, 6.07) is 10.1. The van der Waals surface area contributed by atoms with Gasteiger partial charge >= 0.3 is 0 Å². The molecule has 25 heavy (non-hydrogen) atoms. The van der Waals surface area contributed by atoms with Crippen LogP contribution in [-0.2, 0) is 19.5 Å². The lowest BCUT2D eigenvalue weighted by atomic mass is 10.1. The van der Waals surface area contributed by atoms with Crippen molar-refractivity contribution in [1.82, 2.24) is 20.2 Å². The van der Waals surface area contributed by atoms with Crippen LogP contribution in [0.15, 0.2) is 30.3 Å². The van der Waals surface area contributed by atoms with E-state index in [9.17, 15) is 9.59 Å². The Morgan fingerprint density at radius 1 is 1.12 bits per heavy atom. The van der Waals surface area contributed by atoms with Gasteiger partial charge in [-0.1, -0.05) is 30.3 Å². The second kappa shape index (κ2) is 6.70. The molecule has 2 aromatic rings. The summed E-state index contributed by atoms with van der Waals surface area (Å²) in [5.74, 6) is -0.0145. The molecular weight excluding hydrogens is 316 g/mol. The van der Waals surface area contributed by atoms with Gasteiger partial charge < -0.3 is 15.2 Å². The minimum Gasteiger partial charge on any atom is -0.348 e. The van der Waals surface area contributed by atoms with E-state index in [-0.39, 0.29) is 17.9 Å². The zero-order valence-electron chi connectivity index (χ0n) is 14.1. The highest BCUT2D eigenvalue weighted by Gasteiger charge is 2.30. The van der Waals surface area contributed by atoms with Crippen LogP contribution < -0.4 is 10.6 Å². The molecule has 1 aromatic heterocycles. The van der Waals surface area contributed by atoms with E-state index in [1.54, 1.807) is 0 Å². The number of fused-ring (bicyclic) bond motifs is 1. The molecule has 6 nitrogen and oxygen atoms in total. The first-order valence-corrected chi connectivity index (χ1v) is 8.95. The summed E-state index contributed by atoms with van der Waals surface area (Å²) >= 11 is 0. The molecule has 0 radical (unpaired) electrons. The van der Waals surface area contributed by atoms with Gasteiger partial charge in [0, 0.05) is 19.1 Å². The first-order chi connectivity index (χ1) is 12.2. The monoisotopic (exact) mass is 338 g/mol. The quantitative estimate of drug-likeness (QED) is 0.876. The Morgan fingerprint density at radius 3 is 2.68 bits per heavy atom. The minimum atomic E-state index is -0.225. The van der Waals surface area contributed by atoms with Gasteiger partial charge in [-0.2, -0.15) is 0 Å². The summed E-state index contributed by atoms with van der Waals surface area (Å²) < 4.78 is 1.92. The van der Waals surface area contributed by atoms with Gasteiger partial charge in [-0.25, -0.2) is 4.98 Å². The number of benzene rings is 1. The molecule has 0 saturated heterocycles. The van der Waals surface area contributed by atoms with E-state index >= 15 is 0 Å². The van der Waals surface area contributed by atoms with Crippen LogP contribution in [0.1, 0.15) is 58.0 Å². The number of hydrogen-bond acceptors (Lipinski definition) is 3. The van der Waals surface area contributed by atoms with E-state index < -0.39 is 0 Å². The van der Waals surface area contributed by atoms with E-state index in [1.807, 2.05) is 34.9 Å². The second-order valence-electron chi connectivity index (χ2n) is 6.76. The molecule has 2 aliphatic rings. The highest BCUT2D eigenvalue weighted by Crippen LogP contribution is 2.23. The maximum Gasteiger partial charge on any atom is 0.287 e. The van der Waals surface area contributed by atoms with Crippen LogP contribution in [0.4, 0.5) is 0 Å². The predicted molar refractivity (Wildman–Crippen MR) is 93.3 cm³/mol. The predicted octanol–water partition coefficient (Wildman–Crippen LogP) is 2.04. The Kier molecular flexibility index (Phi) is 4.26. The van der Waals surface area contributed by atoms with Gasteiger partial charge in [-0.05, 0) is 37.7 Å². The molecule has 2 amide bonds. The normalized spacial score (nSPS) is 16.2. The number of carbonyl (C=O) groups is 2. The van der Waals surface area contributed by atoms with Crippen LogP contribution in [0.2, 0.25) is 0 Å². The Balaban J connectivity index is 1.54. The van der Waals surface area contributed by atoms with E-state index in [1.165, 1.54) is 0 Å². The molecule has 0 bridgehead atoms. The van der Waals surface area contributed by atoms with Crippen LogP contribution in [0.25, 0.3) is 0 Å². The Hall–Kier alpha value is -2.63. The van der Waals surface area contributed by atoms with Crippen molar-refractivity contribution in [3.05, 3.63) is 53.1 Å². The van der Waals surface area contributed by atoms with Crippen LogP contribution in [-0.4, -0.2) is 27.4 Å². The second-order valence-corrected chi connectivity index (χ2v) is 6.76. The molecule has 1 aromatic carbocycles. The number of aromatic nitrogens is 2. The highest BCUT2D eigenvalue weighted by atomic mass is 16.2. The van der Waals surface area contributed by atoms with Gasteiger partial charge in [-0.15, -0.1) is 0 Å². The Morgan fingerprint density at radius 2 is 1.92 bits per heavy atom. The first kappa shape index (κ1) is 15.9. The number of nitrogens with one attached hydrogen (secondary N) is 2. The third-order valence-electron chi connectivity index (χ3n) is 4.74. The van der Waals surface area contributed by atoms with Crippen LogP contribution in [0, 0.1) is 0 Å². The van der Waals surface area contributed by atoms with E-state index in [4.69, 9.17) is 0 Å². The molecule has 2 heterocycles. The molecule has 0 unspecified atom stereocenters. The van der Waals surface area contributed by atoms with Gasteiger partial charge in [0.15, 0.2) is 5.82 Å². The lowest BCUT2D eigenvalue weighted by Gasteiger charge is -2.17. The van der Waals surface area contributed by atoms with Crippen molar-refractivity contribution in [2.45, 2.75) is 51.2 Å². The number of rotatable bonds is 5. The summed E-state index contributed by atoms with van der Waals surface area (Å²) in [5, 5.41) is 5.90. The van der Waals surface area contributed by atoms with E-state index in [0.717, 1.165) is 49.9 Å². The number of amides is 2. The molecule has 1 saturated carbocycles. The lowest BCUT2D eigenvalue weighted by Crippen LogP contribution is -2.27. The van der Waals surface area contributed by atoms with Crippen molar-refractivity contribution in [2.75, 3.05) is 0 Å². The van der Waals surface area contributed by atoms with Crippen molar-refractivity contribution in [1.29, 1.82) is 0 Å². The average Bonchev–Trinajstić information content (AvgIpc) is 3.37. The van der Waals surface area contributed by atoms with Gasteiger partial charge in [0.1, 0.15) is 5.69 Å². The Bertz CT molecular complexity index is 793. The van der Waals surface area contributed by atoms with E-state index in [0.29, 0.717) is 18.1 Å². The molecule has 1 aliphatic carbocycles. The average molecular weight is 338 g/mol. The SMILES string of the molecule is O=C(NC1CC1)c1nc(C(=O)NCc2ccccc2)n2c1CCCC2. The Labute approximate surface area is 146 Å². The standard InChI is InChI=1S/C19H22N4O2/c24-18(21-14-9-10-14)16-15-8-4-5-11-23(15)17(22-16)19(25)20-12-13-6-2-1-3-7-13/h1-3,6-7,14H,4-5,8-12H2,(H,20,25)(H,21,24). The van der Waals surface area contributed by atoms with Gasteiger partial charge in [0.05, 0.1) is 5.69 Å². The molecule has 2 N–H and O–H groups in total. The molecular formula is C19H22N4O2. The summed E-state index contributed by atoms with van der Waals surface area (Å²) in [7, 11) is 0. The molecule has 6 heteroatoms. The van der Waals surface area contributed by atoms with Crippen molar-refractivity contribution < 1.29 is 9.59 Å². The number of nitrogens with zero attached hydrogens (tertiary/aromatic N) is 2. The summed E-state index contributed by atoms with van der Waals surface area (Å²) in [6.07, 6.45) is 4.90. The van der Waals surface area contributed by atoms with Gasteiger partial charge in [-0.3, -0.25) is 9.59 Å². The van der Waals surface area contributed by atoms with Crippen molar-refractivity contribution in [3.63, 3.8) is 0 Å². The molecule has 4 rings (SSSR count). The third kappa shape index (κ3) is 3.43. The minimum absolute atomic E-state index is 0.143. The summed E-state index contributed by atoms with van der Waals surface area (Å²) in [5.41, 5.74) is 2.36. The third-order valence-corrected chi connectivity index (χ3v) is 4.74. The lowest BCUT2D eigenvalue weighted by molar-refractivity contribution is 0.0935. The molecule has 0 spiro atoms. The van der Waals surface area contributed by atoms with Crippen LogP contribution >= 0.6 is 0 Å². The first-order valence-electron chi connectivity index (χ1n) is 8.95. The zero-order valence-corrected chi connectivity index (χ0v) is 14.1. The summed E-state index contributed by atoms with van der Waals surface area (Å²) in [4.78, 5) is 29.5. The fourth-order valence-electron chi connectivity index (χ4n) is 3.24. The van der Waals surface area contributed by atoms with Gasteiger partial charge in [0.25, 0.3) is 11.8 Å². The van der Waals surface area contributed by atoms with Crippen LogP contribution in [0.5, 0.6) is 0 Å². The molecule has 130 valence electrons. The van der Waals surface area contributed by atoms with Crippen LogP contribution in [0.3, 0.4) is 0 Å². The van der Waals surface area contributed by atoms with Crippen molar-refractivity contribution in [2.24, 2.45) is 0 Å².